The first-order valence-corrected chi connectivity index (χ1v) is 3.76. The Morgan fingerprint density at radius 3 is 3.08 bits per heavy atom. The van der Waals surface area contributed by atoms with Gasteiger partial charge in [0.15, 0.2) is 0 Å². The number of quaternary nitrogens is 1. The molecule has 0 aromatic carbocycles. The smallest absolute Gasteiger partial charge is 0.349 e. The van der Waals surface area contributed by atoms with Crippen LogP contribution in [0.2, 0.25) is 0 Å². The Labute approximate surface area is 75.4 Å². The molecule has 0 aliphatic carbocycles. The molecule has 1 aromatic rings. The summed E-state index contributed by atoms with van der Waals surface area (Å²) in [5.41, 5.74) is 9.23. The van der Waals surface area contributed by atoms with Crippen LogP contribution in [-0.4, -0.2) is 16.1 Å². The van der Waals surface area contributed by atoms with Gasteiger partial charge in [-0.15, -0.1) is 0 Å². The highest BCUT2D eigenvalue weighted by molar-refractivity contribution is 5.48. The van der Waals surface area contributed by atoms with Crippen molar-refractivity contribution in [2.75, 3.05) is 12.3 Å². The standard InChI is InChI=1S/C8H10N4O/c1-12-5-6(3-2-4-9)7(10)11-8(12)13/h5H,4,9H2,1H3,(H2,10,11,13)/p+1. The molecule has 0 fully saturated rings. The van der Waals surface area contributed by atoms with Crippen molar-refractivity contribution in [3.63, 3.8) is 0 Å². The Kier molecular flexibility index (Phi) is 2.67. The van der Waals surface area contributed by atoms with Crippen LogP contribution in [0.1, 0.15) is 5.56 Å². The summed E-state index contributed by atoms with van der Waals surface area (Å²) in [7, 11) is 1.60. The molecule has 1 rings (SSSR count). The molecule has 68 valence electrons. The van der Waals surface area contributed by atoms with Crippen LogP contribution in [0.25, 0.3) is 0 Å². The average Bonchev–Trinajstić information content (AvgIpc) is 2.09. The van der Waals surface area contributed by atoms with Crippen LogP contribution < -0.4 is 17.2 Å². The summed E-state index contributed by atoms with van der Waals surface area (Å²) >= 11 is 0. The summed E-state index contributed by atoms with van der Waals surface area (Å²) in [6, 6.07) is 0. The van der Waals surface area contributed by atoms with Crippen molar-refractivity contribution in [3.05, 3.63) is 22.2 Å². The van der Waals surface area contributed by atoms with Crippen LogP contribution in [0.3, 0.4) is 0 Å². The van der Waals surface area contributed by atoms with Crippen molar-refractivity contribution in [2.45, 2.75) is 0 Å². The Balaban J connectivity index is 3.24. The molecule has 1 aromatic heterocycles. The number of nitrogens with two attached hydrogens (primary N) is 1. The van der Waals surface area contributed by atoms with Crippen molar-refractivity contribution in [1.82, 2.24) is 9.55 Å². The summed E-state index contributed by atoms with van der Waals surface area (Å²) in [5, 5.41) is 0. The predicted molar refractivity (Wildman–Crippen MR) is 48.5 cm³/mol. The van der Waals surface area contributed by atoms with Crippen LogP contribution in [0.4, 0.5) is 5.82 Å². The minimum atomic E-state index is -0.377. The molecule has 0 aliphatic heterocycles. The molecule has 0 saturated carbocycles. The highest BCUT2D eigenvalue weighted by Crippen LogP contribution is 2.00. The summed E-state index contributed by atoms with van der Waals surface area (Å²) in [6.45, 7) is 0.502. The Bertz CT molecular complexity index is 424. The van der Waals surface area contributed by atoms with E-state index in [1.165, 1.54) is 4.57 Å². The van der Waals surface area contributed by atoms with Crippen molar-refractivity contribution < 1.29 is 5.73 Å². The van der Waals surface area contributed by atoms with E-state index in [9.17, 15) is 4.79 Å². The summed E-state index contributed by atoms with van der Waals surface area (Å²) in [6.07, 6.45) is 1.56. The van der Waals surface area contributed by atoms with Gasteiger partial charge in [0, 0.05) is 13.2 Å². The van der Waals surface area contributed by atoms with Gasteiger partial charge in [0.05, 0.1) is 5.56 Å². The van der Waals surface area contributed by atoms with Crippen molar-refractivity contribution in [3.8, 4) is 11.8 Å². The molecule has 5 nitrogen and oxygen atoms in total. The molecule has 0 aliphatic rings. The van der Waals surface area contributed by atoms with E-state index in [2.05, 4.69) is 22.6 Å². The first-order valence-electron chi connectivity index (χ1n) is 3.76. The van der Waals surface area contributed by atoms with Gasteiger partial charge < -0.3 is 16.0 Å². The highest BCUT2D eigenvalue weighted by Gasteiger charge is 1.99. The van der Waals surface area contributed by atoms with Crippen LogP contribution in [-0.2, 0) is 7.05 Å². The summed E-state index contributed by atoms with van der Waals surface area (Å²) in [4.78, 5) is 14.6. The van der Waals surface area contributed by atoms with Gasteiger partial charge in [0.2, 0.25) is 0 Å². The first-order chi connectivity index (χ1) is 6.15. The molecule has 5 N–H and O–H groups in total. The lowest BCUT2D eigenvalue weighted by Crippen LogP contribution is -2.49. The van der Waals surface area contributed by atoms with Crippen molar-refractivity contribution in [2.24, 2.45) is 7.05 Å². The lowest BCUT2D eigenvalue weighted by molar-refractivity contribution is -0.349. The fourth-order valence-corrected chi connectivity index (χ4v) is 0.811. The minimum Gasteiger partial charge on any atom is -0.382 e. The molecule has 5 heteroatoms. The van der Waals surface area contributed by atoms with E-state index in [4.69, 9.17) is 5.73 Å². The fraction of sp³-hybridized carbons (Fsp3) is 0.250. The second-order valence-corrected chi connectivity index (χ2v) is 2.49. The number of aryl methyl sites for hydroxylation is 1. The largest absolute Gasteiger partial charge is 0.382 e. The highest BCUT2D eigenvalue weighted by atomic mass is 16.1. The molecule has 0 unspecified atom stereocenters. The van der Waals surface area contributed by atoms with E-state index < -0.39 is 0 Å². The molecular formula is C8H11N4O+. The van der Waals surface area contributed by atoms with Gasteiger partial charge in [-0.25, -0.2) is 4.79 Å². The van der Waals surface area contributed by atoms with E-state index in [1.807, 2.05) is 0 Å². The molecule has 0 bridgehead atoms. The maximum absolute atomic E-state index is 11.0. The molecule has 13 heavy (non-hydrogen) atoms. The molecule has 0 radical (unpaired) electrons. The third-order valence-electron chi connectivity index (χ3n) is 1.46. The zero-order valence-corrected chi connectivity index (χ0v) is 7.37. The summed E-state index contributed by atoms with van der Waals surface area (Å²) in [5.74, 6) is 5.70. The predicted octanol–water partition coefficient (Wildman–Crippen LogP) is -2.04. The van der Waals surface area contributed by atoms with Gasteiger partial charge in [-0.2, -0.15) is 4.98 Å². The number of rotatable bonds is 0. The monoisotopic (exact) mass is 179 g/mol. The lowest BCUT2D eigenvalue weighted by Gasteiger charge is -1.99. The summed E-state index contributed by atoms with van der Waals surface area (Å²) < 4.78 is 1.34. The van der Waals surface area contributed by atoms with Gasteiger partial charge in [0.1, 0.15) is 12.4 Å². The van der Waals surface area contributed by atoms with E-state index in [1.54, 1.807) is 13.2 Å². The van der Waals surface area contributed by atoms with E-state index >= 15 is 0 Å². The molecule has 0 atom stereocenters. The number of hydrogen-bond donors (Lipinski definition) is 2. The zero-order chi connectivity index (χ0) is 9.84. The molecule has 1 heterocycles. The van der Waals surface area contributed by atoms with Gasteiger partial charge in [-0.3, -0.25) is 0 Å². The van der Waals surface area contributed by atoms with E-state index in [0.29, 0.717) is 12.1 Å². The lowest BCUT2D eigenvalue weighted by atomic mass is 10.3. The van der Waals surface area contributed by atoms with Crippen LogP contribution in [0.5, 0.6) is 0 Å². The second-order valence-electron chi connectivity index (χ2n) is 2.49. The Morgan fingerprint density at radius 1 is 1.77 bits per heavy atom. The van der Waals surface area contributed by atoms with Crippen molar-refractivity contribution in [1.29, 1.82) is 0 Å². The third kappa shape index (κ3) is 2.07. The normalized spacial score (nSPS) is 9.08. The van der Waals surface area contributed by atoms with E-state index in [0.717, 1.165) is 0 Å². The Morgan fingerprint density at radius 2 is 2.46 bits per heavy atom. The number of nitrogens with zero attached hydrogens (tertiary/aromatic N) is 2. The van der Waals surface area contributed by atoms with Gasteiger partial charge in [0.25, 0.3) is 0 Å². The molecular weight excluding hydrogens is 168 g/mol. The zero-order valence-electron chi connectivity index (χ0n) is 7.37. The maximum Gasteiger partial charge on any atom is 0.349 e. The molecule has 0 spiro atoms. The second kappa shape index (κ2) is 3.74. The number of hydrogen-bond acceptors (Lipinski definition) is 3. The first kappa shape index (κ1) is 9.29. The molecule has 0 amide bonds. The SMILES string of the molecule is Cn1cc(C#CC[NH3+])c(N)nc1=O. The maximum atomic E-state index is 11.0. The Hall–Kier alpha value is -1.80. The van der Waals surface area contributed by atoms with Crippen LogP contribution in [0, 0.1) is 11.8 Å². The number of aromatic nitrogens is 2. The quantitative estimate of drug-likeness (QED) is 0.449. The van der Waals surface area contributed by atoms with E-state index in [-0.39, 0.29) is 11.5 Å². The van der Waals surface area contributed by atoms with Gasteiger partial charge >= 0.3 is 5.69 Å². The van der Waals surface area contributed by atoms with Gasteiger partial charge in [-0.1, -0.05) is 5.92 Å². The molecule has 0 saturated heterocycles. The van der Waals surface area contributed by atoms with Crippen LogP contribution >= 0.6 is 0 Å². The van der Waals surface area contributed by atoms with Gasteiger partial charge in [-0.05, 0) is 5.92 Å². The van der Waals surface area contributed by atoms with Crippen LogP contribution in [0.15, 0.2) is 11.0 Å². The number of anilines is 1. The van der Waals surface area contributed by atoms with Crippen molar-refractivity contribution >= 4 is 5.82 Å². The topological polar surface area (TPSA) is 88.6 Å². The minimum absolute atomic E-state index is 0.170. The third-order valence-corrected chi connectivity index (χ3v) is 1.46. The fourth-order valence-electron chi connectivity index (χ4n) is 0.811. The number of nitrogen functional groups attached to an aromatic ring is 1. The average molecular weight is 179 g/mol.